The first-order valence-electron chi connectivity index (χ1n) is 6.12. The number of carbonyl (C=O) groups is 1. The average molecular weight is 365 g/mol. The predicted molar refractivity (Wildman–Crippen MR) is 87.8 cm³/mol. The van der Waals surface area contributed by atoms with Crippen LogP contribution in [0.15, 0.2) is 36.4 Å². The average Bonchev–Trinajstić information content (AvgIpc) is 2.33. The number of hydrogen-bond acceptors (Lipinski definition) is 1. The Hall–Kier alpha value is -1.36. The van der Waals surface area contributed by atoms with Crippen LogP contribution >= 0.6 is 22.6 Å². The smallest absolute Gasteiger partial charge is 0.256 e. The van der Waals surface area contributed by atoms with Crippen LogP contribution in [0.25, 0.3) is 0 Å². The summed E-state index contributed by atoms with van der Waals surface area (Å²) < 4.78 is 0.973. The van der Waals surface area contributed by atoms with Gasteiger partial charge in [0.15, 0.2) is 0 Å². The second-order valence-electron chi connectivity index (χ2n) is 4.76. The summed E-state index contributed by atoms with van der Waals surface area (Å²) >= 11 is 2.20. The molecule has 0 saturated heterocycles. The van der Waals surface area contributed by atoms with Crippen LogP contribution in [0, 0.1) is 24.3 Å². The third kappa shape index (κ3) is 3.35. The van der Waals surface area contributed by atoms with E-state index in [0.29, 0.717) is 5.56 Å². The van der Waals surface area contributed by atoms with Gasteiger partial charge in [-0.3, -0.25) is 4.79 Å². The molecule has 0 fully saturated rings. The monoisotopic (exact) mass is 365 g/mol. The topological polar surface area (TPSA) is 29.1 Å². The van der Waals surface area contributed by atoms with E-state index in [1.165, 1.54) is 0 Å². The van der Waals surface area contributed by atoms with Crippen molar-refractivity contribution in [2.45, 2.75) is 20.8 Å². The largest absolute Gasteiger partial charge is 0.322 e. The highest BCUT2D eigenvalue weighted by Gasteiger charge is 2.11. The van der Waals surface area contributed by atoms with Crippen molar-refractivity contribution in [1.82, 2.24) is 0 Å². The van der Waals surface area contributed by atoms with Crippen molar-refractivity contribution in [2.24, 2.45) is 0 Å². The molecule has 0 heterocycles. The molecule has 1 N–H and O–H groups in total. The lowest BCUT2D eigenvalue weighted by Gasteiger charge is -2.10. The highest BCUT2D eigenvalue weighted by atomic mass is 127. The van der Waals surface area contributed by atoms with Crippen molar-refractivity contribution in [3.63, 3.8) is 0 Å². The molecule has 98 valence electrons. The van der Waals surface area contributed by atoms with Gasteiger partial charge in [0.2, 0.25) is 0 Å². The van der Waals surface area contributed by atoms with Crippen LogP contribution < -0.4 is 5.32 Å². The maximum absolute atomic E-state index is 12.3. The molecule has 2 aromatic carbocycles. The molecule has 2 rings (SSSR count). The van der Waals surface area contributed by atoms with Gasteiger partial charge in [0.05, 0.1) is 5.56 Å². The van der Waals surface area contributed by atoms with Crippen LogP contribution in [0.3, 0.4) is 0 Å². The van der Waals surface area contributed by atoms with Crippen LogP contribution in [0.2, 0.25) is 0 Å². The summed E-state index contributed by atoms with van der Waals surface area (Å²) in [6.45, 7) is 6.04. The summed E-state index contributed by atoms with van der Waals surface area (Å²) in [6, 6.07) is 11.9. The van der Waals surface area contributed by atoms with Crippen LogP contribution in [0.5, 0.6) is 0 Å². The van der Waals surface area contributed by atoms with Gasteiger partial charge in [0.1, 0.15) is 0 Å². The molecular formula is C16H16INO. The van der Waals surface area contributed by atoms with Crippen LogP contribution in [0.1, 0.15) is 27.0 Å². The zero-order chi connectivity index (χ0) is 14.0. The molecular weight excluding hydrogens is 349 g/mol. The summed E-state index contributed by atoms with van der Waals surface area (Å²) in [5.74, 6) is -0.0573. The number of halogens is 1. The van der Waals surface area contributed by atoms with Gasteiger partial charge in [-0.2, -0.15) is 0 Å². The van der Waals surface area contributed by atoms with Crippen molar-refractivity contribution in [2.75, 3.05) is 5.32 Å². The van der Waals surface area contributed by atoms with Gasteiger partial charge in [0.25, 0.3) is 5.91 Å². The Morgan fingerprint density at radius 2 is 1.63 bits per heavy atom. The molecule has 0 saturated carbocycles. The summed E-state index contributed by atoms with van der Waals surface area (Å²) in [5, 5.41) is 2.98. The molecule has 0 aliphatic rings. The molecule has 3 heteroatoms. The fraction of sp³-hybridized carbons (Fsp3) is 0.188. The van der Waals surface area contributed by atoms with Crippen molar-refractivity contribution in [1.29, 1.82) is 0 Å². The van der Waals surface area contributed by atoms with E-state index in [-0.39, 0.29) is 5.91 Å². The highest BCUT2D eigenvalue weighted by molar-refractivity contribution is 14.1. The van der Waals surface area contributed by atoms with E-state index >= 15 is 0 Å². The number of hydrogen-bond donors (Lipinski definition) is 1. The van der Waals surface area contributed by atoms with Gasteiger partial charge >= 0.3 is 0 Å². The van der Waals surface area contributed by atoms with Gasteiger partial charge in [0, 0.05) is 9.26 Å². The van der Waals surface area contributed by atoms with Crippen LogP contribution in [0.4, 0.5) is 5.69 Å². The molecule has 0 bridgehead atoms. The summed E-state index contributed by atoms with van der Waals surface area (Å²) in [6.07, 6.45) is 0. The van der Waals surface area contributed by atoms with Crippen LogP contribution in [-0.2, 0) is 0 Å². The van der Waals surface area contributed by atoms with E-state index in [2.05, 4.69) is 27.9 Å². The molecule has 0 spiro atoms. The van der Waals surface area contributed by atoms with Gasteiger partial charge in [-0.15, -0.1) is 0 Å². The summed E-state index contributed by atoms with van der Waals surface area (Å²) in [4.78, 5) is 12.3. The fourth-order valence-corrected chi connectivity index (χ4v) is 2.78. The number of anilines is 1. The van der Waals surface area contributed by atoms with Gasteiger partial charge < -0.3 is 5.32 Å². The Morgan fingerprint density at radius 1 is 1.00 bits per heavy atom. The first kappa shape index (κ1) is 14.1. The molecule has 0 aliphatic heterocycles. The molecule has 2 nitrogen and oxygen atoms in total. The van der Waals surface area contributed by atoms with Crippen LogP contribution in [-0.4, -0.2) is 5.91 Å². The molecule has 19 heavy (non-hydrogen) atoms. The maximum atomic E-state index is 12.3. The molecule has 2 aromatic rings. The van der Waals surface area contributed by atoms with Crippen molar-refractivity contribution in [3.05, 3.63) is 62.2 Å². The van der Waals surface area contributed by atoms with E-state index in [1.54, 1.807) is 0 Å². The number of amides is 1. The molecule has 0 aromatic heterocycles. The first-order valence-corrected chi connectivity index (χ1v) is 7.20. The third-order valence-corrected chi connectivity index (χ3v) is 3.90. The zero-order valence-corrected chi connectivity index (χ0v) is 13.4. The Morgan fingerprint density at radius 3 is 2.32 bits per heavy atom. The fourth-order valence-electron chi connectivity index (χ4n) is 1.86. The molecule has 1 amide bonds. The Balaban J connectivity index is 2.28. The quantitative estimate of drug-likeness (QED) is 0.782. The highest BCUT2D eigenvalue weighted by Crippen LogP contribution is 2.20. The number of rotatable bonds is 2. The lowest BCUT2D eigenvalue weighted by Crippen LogP contribution is -2.14. The van der Waals surface area contributed by atoms with Crippen molar-refractivity contribution >= 4 is 34.2 Å². The zero-order valence-electron chi connectivity index (χ0n) is 11.3. The number of nitrogens with one attached hydrogen (secondary N) is 1. The number of aryl methyl sites for hydroxylation is 3. The molecule has 0 aliphatic carbocycles. The number of benzene rings is 2. The third-order valence-electron chi connectivity index (χ3n) is 3.01. The molecule has 0 unspecified atom stereocenters. The van der Waals surface area contributed by atoms with E-state index in [0.717, 1.165) is 25.9 Å². The van der Waals surface area contributed by atoms with Crippen molar-refractivity contribution < 1.29 is 4.79 Å². The summed E-state index contributed by atoms with van der Waals surface area (Å²) in [5.41, 5.74) is 4.96. The molecule has 0 radical (unpaired) electrons. The number of carbonyl (C=O) groups excluding carboxylic acids is 1. The van der Waals surface area contributed by atoms with E-state index in [9.17, 15) is 4.79 Å². The Kier molecular flexibility index (Phi) is 4.24. The van der Waals surface area contributed by atoms with E-state index < -0.39 is 0 Å². The minimum atomic E-state index is -0.0573. The van der Waals surface area contributed by atoms with Gasteiger partial charge in [-0.25, -0.2) is 0 Å². The van der Waals surface area contributed by atoms with Gasteiger partial charge in [-0.1, -0.05) is 23.8 Å². The minimum absolute atomic E-state index is 0.0573. The lowest BCUT2D eigenvalue weighted by molar-refractivity contribution is 0.102. The predicted octanol–water partition coefficient (Wildman–Crippen LogP) is 4.47. The maximum Gasteiger partial charge on any atom is 0.256 e. The SMILES string of the molecule is Cc1ccc(C(=O)Nc2cc(C)ccc2C)c(I)c1. The first-order chi connectivity index (χ1) is 8.97. The Labute approximate surface area is 127 Å². The molecule has 0 atom stereocenters. The standard InChI is InChI=1S/C16H16INO/c1-10-5-7-13(14(17)8-10)16(19)18-15-9-11(2)4-6-12(15)3/h4-9H,1-3H3,(H,18,19). The van der Waals surface area contributed by atoms with Gasteiger partial charge in [-0.05, 0) is 72.7 Å². The Bertz CT molecular complexity index is 635. The van der Waals surface area contributed by atoms with E-state index in [1.807, 2.05) is 57.2 Å². The van der Waals surface area contributed by atoms with Crippen molar-refractivity contribution in [3.8, 4) is 0 Å². The minimum Gasteiger partial charge on any atom is -0.322 e. The second-order valence-corrected chi connectivity index (χ2v) is 5.92. The summed E-state index contributed by atoms with van der Waals surface area (Å²) in [7, 11) is 0. The second kappa shape index (κ2) is 5.74. The van der Waals surface area contributed by atoms with E-state index in [4.69, 9.17) is 0 Å². The normalized spacial score (nSPS) is 10.3. The lowest BCUT2D eigenvalue weighted by atomic mass is 10.1.